The van der Waals surface area contributed by atoms with Crippen LogP contribution in [0.3, 0.4) is 0 Å². The van der Waals surface area contributed by atoms with E-state index in [1.807, 2.05) is 6.92 Å². The highest BCUT2D eigenvalue weighted by Gasteiger charge is 2.26. The number of aryl methyl sites for hydroxylation is 2. The van der Waals surface area contributed by atoms with Crippen LogP contribution in [-0.4, -0.2) is 18.2 Å². The molecule has 0 bridgehead atoms. The van der Waals surface area contributed by atoms with Crippen LogP contribution in [0.4, 0.5) is 0 Å². The van der Waals surface area contributed by atoms with Crippen LogP contribution in [-0.2, 0) is 0 Å². The zero-order valence-electron chi connectivity index (χ0n) is 9.37. The summed E-state index contributed by atoms with van der Waals surface area (Å²) < 4.78 is 11.8. The summed E-state index contributed by atoms with van der Waals surface area (Å²) >= 11 is 9.31. The van der Waals surface area contributed by atoms with Gasteiger partial charge in [-0.05, 0) is 13.8 Å². The summed E-state index contributed by atoms with van der Waals surface area (Å²) in [5.41, 5.74) is 0.964. The van der Waals surface area contributed by atoms with Gasteiger partial charge in [-0.2, -0.15) is 0 Å². The maximum atomic E-state index is 6.16. The van der Waals surface area contributed by atoms with Crippen molar-refractivity contribution in [1.29, 1.82) is 0 Å². The molecular formula is C11H10ClNO2S2. The van der Waals surface area contributed by atoms with Crippen LogP contribution in [0.5, 0.6) is 11.5 Å². The molecule has 0 spiro atoms. The molecule has 0 radical (unpaired) electrons. The fraction of sp³-hybridized carbons (Fsp3) is 0.364. The van der Waals surface area contributed by atoms with Gasteiger partial charge in [0.1, 0.15) is 22.4 Å². The van der Waals surface area contributed by atoms with Crippen molar-refractivity contribution in [2.75, 3.05) is 13.2 Å². The van der Waals surface area contributed by atoms with E-state index in [0.29, 0.717) is 23.3 Å². The smallest absolute Gasteiger partial charge is 0.191 e. The molecule has 3 heterocycles. The summed E-state index contributed by atoms with van der Waals surface area (Å²) in [4.78, 5) is 6.69. The molecule has 1 aliphatic heterocycles. The Balaban J connectivity index is 2.18. The molecule has 0 unspecified atom stereocenters. The van der Waals surface area contributed by atoms with Crippen molar-refractivity contribution in [2.24, 2.45) is 0 Å². The average Bonchev–Trinajstić information content (AvgIpc) is 2.80. The first-order valence-corrected chi connectivity index (χ1v) is 7.20. The lowest BCUT2D eigenvalue weighted by molar-refractivity contribution is 0.174. The molecule has 6 heteroatoms. The van der Waals surface area contributed by atoms with E-state index < -0.39 is 0 Å². The van der Waals surface area contributed by atoms with Gasteiger partial charge in [-0.3, -0.25) is 0 Å². The fourth-order valence-electron chi connectivity index (χ4n) is 1.81. The Hall–Kier alpha value is -0.780. The van der Waals surface area contributed by atoms with Crippen LogP contribution in [0, 0.1) is 13.8 Å². The Morgan fingerprint density at radius 1 is 1.12 bits per heavy atom. The number of nitrogens with zero attached hydrogens (tertiary/aromatic N) is 1. The molecular weight excluding hydrogens is 278 g/mol. The third-order valence-electron chi connectivity index (χ3n) is 2.48. The Morgan fingerprint density at radius 2 is 1.82 bits per heavy atom. The van der Waals surface area contributed by atoms with E-state index in [9.17, 15) is 0 Å². The van der Waals surface area contributed by atoms with Crippen LogP contribution >= 0.6 is 34.3 Å². The summed E-state index contributed by atoms with van der Waals surface area (Å²) in [6.45, 7) is 5.18. The molecule has 1 aliphatic rings. The van der Waals surface area contributed by atoms with E-state index in [4.69, 9.17) is 21.1 Å². The monoisotopic (exact) mass is 287 g/mol. The van der Waals surface area contributed by atoms with Crippen molar-refractivity contribution in [2.45, 2.75) is 13.8 Å². The number of thiophene rings is 1. The molecule has 0 N–H and O–H groups in total. The Bertz CT molecular complexity index is 576. The van der Waals surface area contributed by atoms with Crippen LogP contribution in [0.1, 0.15) is 9.88 Å². The van der Waals surface area contributed by atoms with Gasteiger partial charge in [0.15, 0.2) is 11.5 Å². The molecule has 2 aromatic heterocycles. The topological polar surface area (TPSA) is 31.4 Å². The molecule has 0 aromatic carbocycles. The van der Waals surface area contributed by atoms with Crippen molar-refractivity contribution in [3.63, 3.8) is 0 Å². The highest BCUT2D eigenvalue weighted by Crippen LogP contribution is 2.52. The van der Waals surface area contributed by atoms with E-state index in [1.54, 1.807) is 11.3 Å². The Labute approximate surface area is 112 Å². The molecule has 0 saturated carbocycles. The first-order valence-electron chi connectivity index (χ1n) is 5.19. The second-order valence-corrected chi connectivity index (χ2v) is 6.73. The maximum absolute atomic E-state index is 6.16. The highest BCUT2D eigenvalue weighted by molar-refractivity contribution is 7.20. The van der Waals surface area contributed by atoms with Gasteiger partial charge >= 0.3 is 0 Å². The van der Waals surface area contributed by atoms with Gasteiger partial charge in [-0.15, -0.1) is 22.7 Å². The third-order valence-corrected chi connectivity index (χ3v) is 4.71. The van der Waals surface area contributed by atoms with E-state index in [0.717, 1.165) is 21.3 Å². The number of hydrogen-bond donors (Lipinski definition) is 0. The number of rotatable bonds is 1. The molecule has 17 heavy (non-hydrogen) atoms. The van der Waals surface area contributed by atoms with Crippen molar-refractivity contribution in [3.8, 4) is 22.1 Å². The summed E-state index contributed by atoms with van der Waals surface area (Å²) in [6.07, 6.45) is 0. The van der Waals surface area contributed by atoms with Crippen molar-refractivity contribution < 1.29 is 9.47 Å². The fourth-order valence-corrected chi connectivity index (χ4v) is 4.04. The number of ether oxygens (including phenoxy) is 2. The van der Waals surface area contributed by atoms with E-state index in [1.165, 1.54) is 16.2 Å². The minimum absolute atomic E-state index is 0.554. The number of hydrogen-bond acceptors (Lipinski definition) is 5. The highest BCUT2D eigenvalue weighted by atomic mass is 35.5. The minimum atomic E-state index is 0.554. The summed E-state index contributed by atoms with van der Waals surface area (Å²) in [5.74, 6) is 1.42. The van der Waals surface area contributed by atoms with E-state index in [2.05, 4.69) is 11.9 Å². The lowest BCUT2D eigenvalue weighted by atomic mass is 10.3. The second-order valence-electron chi connectivity index (χ2n) is 3.70. The van der Waals surface area contributed by atoms with Crippen LogP contribution in [0.2, 0.25) is 4.34 Å². The Kier molecular flexibility index (Phi) is 2.77. The molecule has 0 amide bonds. The van der Waals surface area contributed by atoms with Gasteiger partial charge in [-0.1, -0.05) is 11.6 Å². The predicted octanol–water partition coefficient (Wildman–Crippen LogP) is 3.91. The molecule has 2 aromatic rings. The number of fused-ring (bicyclic) bond motifs is 1. The molecule has 3 nitrogen and oxygen atoms in total. The lowest BCUT2D eigenvalue weighted by Crippen LogP contribution is -2.14. The van der Waals surface area contributed by atoms with Gasteiger partial charge < -0.3 is 9.47 Å². The maximum Gasteiger partial charge on any atom is 0.191 e. The third kappa shape index (κ3) is 1.82. The van der Waals surface area contributed by atoms with Crippen molar-refractivity contribution in [3.05, 3.63) is 14.2 Å². The quantitative estimate of drug-likeness (QED) is 0.797. The van der Waals surface area contributed by atoms with Crippen molar-refractivity contribution >= 4 is 34.3 Å². The van der Waals surface area contributed by atoms with Crippen LogP contribution in [0.25, 0.3) is 10.6 Å². The first-order chi connectivity index (χ1) is 8.16. The molecule has 0 saturated heterocycles. The van der Waals surface area contributed by atoms with Gasteiger partial charge in [0.05, 0.1) is 10.7 Å². The molecule has 0 atom stereocenters. The number of thiazole rings is 1. The summed E-state index contributed by atoms with van der Waals surface area (Å²) in [5, 5.41) is 1.05. The summed E-state index contributed by atoms with van der Waals surface area (Å²) in [6, 6.07) is 0. The largest absolute Gasteiger partial charge is 0.484 e. The van der Waals surface area contributed by atoms with Gasteiger partial charge in [-0.25, -0.2) is 4.98 Å². The first kappa shape index (κ1) is 11.3. The number of aromatic nitrogens is 1. The van der Waals surface area contributed by atoms with Gasteiger partial charge in [0.2, 0.25) is 0 Å². The zero-order valence-corrected chi connectivity index (χ0v) is 11.8. The van der Waals surface area contributed by atoms with E-state index in [-0.39, 0.29) is 0 Å². The van der Waals surface area contributed by atoms with Gasteiger partial charge in [0.25, 0.3) is 0 Å². The SMILES string of the molecule is Cc1nc(-c2sc(Cl)c3c2OCCO3)c(C)s1. The zero-order chi connectivity index (χ0) is 12.0. The normalized spacial score (nSPS) is 14.1. The van der Waals surface area contributed by atoms with Crippen LogP contribution in [0.15, 0.2) is 0 Å². The van der Waals surface area contributed by atoms with Gasteiger partial charge in [0, 0.05) is 4.88 Å². The minimum Gasteiger partial charge on any atom is -0.484 e. The standard InChI is InChI=1S/C11H10ClNO2S2/c1-5-7(13-6(2)16-5)10-8-9(11(12)17-10)15-4-3-14-8/h3-4H2,1-2H3. The Morgan fingerprint density at radius 3 is 2.47 bits per heavy atom. The van der Waals surface area contributed by atoms with Crippen LogP contribution < -0.4 is 9.47 Å². The predicted molar refractivity (Wildman–Crippen MR) is 70.9 cm³/mol. The summed E-state index contributed by atoms with van der Waals surface area (Å²) in [7, 11) is 0. The average molecular weight is 288 g/mol. The molecule has 0 aliphatic carbocycles. The molecule has 90 valence electrons. The molecule has 0 fully saturated rings. The second kappa shape index (κ2) is 4.15. The number of halogens is 1. The lowest BCUT2D eigenvalue weighted by Gasteiger charge is -2.15. The van der Waals surface area contributed by atoms with Crippen molar-refractivity contribution in [1.82, 2.24) is 4.98 Å². The molecule has 3 rings (SSSR count). The van der Waals surface area contributed by atoms with E-state index >= 15 is 0 Å².